The predicted molar refractivity (Wildman–Crippen MR) is 56.4 cm³/mol. The van der Waals surface area contributed by atoms with E-state index >= 15 is 0 Å². The van der Waals surface area contributed by atoms with Crippen molar-refractivity contribution < 1.29 is 13.7 Å². The second-order valence-corrected chi connectivity index (χ2v) is 4.06. The number of rotatable bonds is 2. The summed E-state index contributed by atoms with van der Waals surface area (Å²) in [7, 11) is 0. The molecule has 1 aliphatic rings. The highest BCUT2D eigenvalue weighted by atomic mass is 16.5. The van der Waals surface area contributed by atoms with Gasteiger partial charge in [0.25, 0.3) is 5.91 Å². The number of carbonyl (C=O) groups is 1. The van der Waals surface area contributed by atoms with Crippen LogP contribution in [0.2, 0.25) is 0 Å². The molecule has 1 saturated heterocycles. The molecule has 0 spiro atoms. The second kappa shape index (κ2) is 3.73. The fraction of sp³-hybridized carbons (Fsp3) is 0.364. The minimum atomic E-state index is -0.0949. The molecule has 0 unspecified atom stereocenters. The first-order chi connectivity index (χ1) is 8.24. The van der Waals surface area contributed by atoms with E-state index in [2.05, 4.69) is 10.1 Å². The summed E-state index contributed by atoms with van der Waals surface area (Å²) in [5.74, 6) is 1.64. The third kappa shape index (κ3) is 1.71. The Balaban J connectivity index is 1.63. The molecular weight excluding hydrogens is 222 g/mol. The standard InChI is InChI=1S/C11H11N3O3/c1-7-12-10(17-13-7)8-5-14(6-8)11(15)9-3-2-4-16-9/h2-4,8H,5-6H2,1H3. The van der Waals surface area contributed by atoms with Gasteiger partial charge in [0, 0.05) is 13.1 Å². The number of hydrogen-bond acceptors (Lipinski definition) is 5. The van der Waals surface area contributed by atoms with Crippen molar-refractivity contribution in [3.63, 3.8) is 0 Å². The summed E-state index contributed by atoms with van der Waals surface area (Å²) in [6.45, 7) is 2.97. The van der Waals surface area contributed by atoms with Gasteiger partial charge in [-0.05, 0) is 19.1 Å². The lowest BCUT2D eigenvalue weighted by molar-refractivity contribution is 0.0537. The highest BCUT2D eigenvalue weighted by molar-refractivity contribution is 5.92. The Morgan fingerprint density at radius 3 is 2.94 bits per heavy atom. The number of likely N-dealkylation sites (tertiary alicyclic amines) is 1. The van der Waals surface area contributed by atoms with Crippen LogP contribution in [0.4, 0.5) is 0 Å². The predicted octanol–water partition coefficient (Wildman–Crippen LogP) is 1.21. The Morgan fingerprint density at radius 2 is 2.35 bits per heavy atom. The van der Waals surface area contributed by atoms with E-state index in [1.165, 1.54) is 6.26 Å². The third-order valence-electron chi connectivity index (χ3n) is 2.79. The summed E-state index contributed by atoms with van der Waals surface area (Å²) in [5.41, 5.74) is 0. The topological polar surface area (TPSA) is 72.4 Å². The fourth-order valence-electron chi connectivity index (χ4n) is 1.84. The molecule has 3 rings (SSSR count). The van der Waals surface area contributed by atoms with E-state index in [1.807, 2.05) is 0 Å². The molecule has 88 valence electrons. The number of nitrogens with zero attached hydrogens (tertiary/aromatic N) is 3. The van der Waals surface area contributed by atoms with Gasteiger partial charge in [0.15, 0.2) is 11.6 Å². The Hall–Kier alpha value is -2.11. The maximum Gasteiger partial charge on any atom is 0.289 e. The molecule has 6 nitrogen and oxygen atoms in total. The van der Waals surface area contributed by atoms with Crippen LogP contribution in [0, 0.1) is 6.92 Å². The van der Waals surface area contributed by atoms with Crippen LogP contribution in [-0.2, 0) is 0 Å². The van der Waals surface area contributed by atoms with Crippen molar-refractivity contribution in [1.82, 2.24) is 15.0 Å². The van der Waals surface area contributed by atoms with Crippen molar-refractivity contribution in [3.8, 4) is 0 Å². The Bertz CT molecular complexity index is 526. The highest BCUT2D eigenvalue weighted by Gasteiger charge is 2.36. The summed E-state index contributed by atoms with van der Waals surface area (Å²) >= 11 is 0. The van der Waals surface area contributed by atoms with Gasteiger partial charge in [-0.25, -0.2) is 0 Å². The van der Waals surface area contributed by atoms with Crippen LogP contribution in [0.1, 0.15) is 28.2 Å². The van der Waals surface area contributed by atoms with E-state index in [-0.39, 0.29) is 11.8 Å². The average molecular weight is 233 g/mol. The first-order valence-electron chi connectivity index (χ1n) is 5.37. The van der Waals surface area contributed by atoms with E-state index in [0.29, 0.717) is 30.6 Å². The van der Waals surface area contributed by atoms with Gasteiger partial charge < -0.3 is 13.8 Å². The van der Waals surface area contributed by atoms with Crippen molar-refractivity contribution in [1.29, 1.82) is 0 Å². The van der Waals surface area contributed by atoms with Gasteiger partial charge in [0.2, 0.25) is 5.89 Å². The molecule has 0 bridgehead atoms. The van der Waals surface area contributed by atoms with Crippen molar-refractivity contribution >= 4 is 5.91 Å². The Labute approximate surface area is 97.2 Å². The second-order valence-electron chi connectivity index (χ2n) is 4.06. The number of hydrogen-bond donors (Lipinski definition) is 0. The van der Waals surface area contributed by atoms with Gasteiger partial charge in [0.05, 0.1) is 12.2 Å². The Morgan fingerprint density at radius 1 is 1.53 bits per heavy atom. The van der Waals surface area contributed by atoms with Gasteiger partial charge in [-0.15, -0.1) is 0 Å². The van der Waals surface area contributed by atoms with E-state index in [0.717, 1.165) is 0 Å². The maximum absolute atomic E-state index is 11.8. The van der Waals surface area contributed by atoms with Crippen LogP contribution in [0.25, 0.3) is 0 Å². The van der Waals surface area contributed by atoms with Crippen LogP contribution < -0.4 is 0 Å². The van der Waals surface area contributed by atoms with E-state index < -0.39 is 0 Å². The smallest absolute Gasteiger partial charge is 0.289 e. The van der Waals surface area contributed by atoms with Crippen molar-refractivity contribution in [2.45, 2.75) is 12.8 Å². The van der Waals surface area contributed by atoms with Crippen LogP contribution in [0.3, 0.4) is 0 Å². The molecule has 0 aliphatic carbocycles. The van der Waals surface area contributed by atoms with E-state index in [4.69, 9.17) is 8.94 Å². The van der Waals surface area contributed by atoms with Crippen LogP contribution in [0.5, 0.6) is 0 Å². The molecule has 0 N–H and O–H groups in total. The van der Waals surface area contributed by atoms with E-state index in [1.54, 1.807) is 24.0 Å². The largest absolute Gasteiger partial charge is 0.459 e. The molecule has 0 atom stereocenters. The molecule has 1 fully saturated rings. The van der Waals surface area contributed by atoms with Crippen LogP contribution >= 0.6 is 0 Å². The lowest BCUT2D eigenvalue weighted by atomic mass is 10.00. The average Bonchev–Trinajstić information content (AvgIpc) is 2.86. The molecule has 0 radical (unpaired) electrons. The number of aromatic nitrogens is 2. The quantitative estimate of drug-likeness (QED) is 0.779. The highest BCUT2D eigenvalue weighted by Crippen LogP contribution is 2.27. The minimum absolute atomic E-state index is 0.0949. The molecule has 2 aromatic rings. The molecular formula is C11H11N3O3. The monoisotopic (exact) mass is 233 g/mol. The maximum atomic E-state index is 11.8. The Kier molecular flexibility index (Phi) is 2.21. The van der Waals surface area contributed by atoms with Crippen LogP contribution in [0.15, 0.2) is 27.3 Å². The summed E-state index contributed by atoms with van der Waals surface area (Å²) in [5, 5.41) is 3.73. The number of aryl methyl sites for hydroxylation is 1. The van der Waals surface area contributed by atoms with Crippen molar-refractivity contribution in [2.24, 2.45) is 0 Å². The minimum Gasteiger partial charge on any atom is -0.459 e. The SMILES string of the molecule is Cc1noc(C2CN(C(=O)c3ccco3)C2)n1. The zero-order chi connectivity index (χ0) is 11.8. The van der Waals surface area contributed by atoms with Crippen molar-refractivity contribution in [3.05, 3.63) is 35.9 Å². The molecule has 1 amide bonds. The number of amides is 1. The third-order valence-corrected chi connectivity index (χ3v) is 2.79. The molecule has 6 heteroatoms. The summed E-state index contributed by atoms with van der Waals surface area (Å²) < 4.78 is 10.1. The van der Waals surface area contributed by atoms with Crippen LogP contribution in [-0.4, -0.2) is 34.0 Å². The lowest BCUT2D eigenvalue weighted by Gasteiger charge is -2.36. The summed E-state index contributed by atoms with van der Waals surface area (Å²) in [6.07, 6.45) is 1.49. The first kappa shape index (κ1) is 10.1. The number of carbonyl (C=O) groups excluding carboxylic acids is 1. The molecule has 17 heavy (non-hydrogen) atoms. The molecule has 3 heterocycles. The zero-order valence-electron chi connectivity index (χ0n) is 9.29. The number of furan rings is 1. The molecule has 2 aromatic heterocycles. The molecule has 0 saturated carbocycles. The molecule has 0 aromatic carbocycles. The van der Waals surface area contributed by atoms with Gasteiger partial charge in [0.1, 0.15) is 0 Å². The van der Waals surface area contributed by atoms with E-state index in [9.17, 15) is 4.79 Å². The normalized spacial score (nSPS) is 15.9. The summed E-state index contributed by atoms with van der Waals surface area (Å²) in [4.78, 5) is 17.7. The van der Waals surface area contributed by atoms with Crippen molar-refractivity contribution in [2.75, 3.05) is 13.1 Å². The van der Waals surface area contributed by atoms with Gasteiger partial charge in [-0.2, -0.15) is 4.98 Å². The summed E-state index contributed by atoms with van der Waals surface area (Å²) in [6, 6.07) is 3.36. The van der Waals surface area contributed by atoms with Gasteiger partial charge in [-0.1, -0.05) is 5.16 Å². The first-order valence-corrected chi connectivity index (χ1v) is 5.37. The fourth-order valence-corrected chi connectivity index (χ4v) is 1.84. The van der Waals surface area contributed by atoms with Gasteiger partial charge >= 0.3 is 0 Å². The molecule has 1 aliphatic heterocycles. The van der Waals surface area contributed by atoms with Gasteiger partial charge in [-0.3, -0.25) is 4.79 Å². The lowest BCUT2D eigenvalue weighted by Crippen LogP contribution is -2.48. The zero-order valence-corrected chi connectivity index (χ0v) is 9.29.